The highest BCUT2D eigenvalue weighted by Gasteiger charge is 2.26. The second-order valence-corrected chi connectivity index (χ2v) is 5.82. The Labute approximate surface area is 123 Å². The van der Waals surface area contributed by atoms with Crippen molar-refractivity contribution >= 4 is 16.7 Å². The summed E-state index contributed by atoms with van der Waals surface area (Å²) in [6, 6.07) is 16.5. The highest BCUT2D eigenvalue weighted by atomic mass is 16.1. The smallest absolute Gasteiger partial charge is 0.168 e. The molecule has 0 saturated heterocycles. The number of benzene rings is 2. The molecule has 0 fully saturated rings. The van der Waals surface area contributed by atoms with E-state index in [4.69, 9.17) is 0 Å². The molecule has 1 aliphatic rings. The molecule has 0 amide bonds. The Morgan fingerprint density at radius 1 is 1.00 bits per heavy atom. The van der Waals surface area contributed by atoms with Gasteiger partial charge in [0.25, 0.3) is 0 Å². The first-order valence-electron chi connectivity index (χ1n) is 7.50. The molecule has 0 bridgehead atoms. The molecule has 1 unspecified atom stereocenters. The fraction of sp³-hybridized carbons (Fsp3) is 0.211. The van der Waals surface area contributed by atoms with E-state index in [-0.39, 0.29) is 11.7 Å². The Balaban J connectivity index is 1.67. The number of rotatable bonds is 2. The molecular formula is C19H17NO. The van der Waals surface area contributed by atoms with Gasteiger partial charge in [0.15, 0.2) is 5.78 Å². The molecular weight excluding hydrogens is 258 g/mol. The number of hydrogen-bond donors (Lipinski definition) is 1. The standard InChI is InChI=1S/C19H17NO/c21-19(17-12-20-18-8-4-3-7-16(17)18)15-10-9-13-5-1-2-6-14(13)11-15/h1-8,12,15,20H,9-11H2. The second kappa shape index (κ2) is 4.88. The van der Waals surface area contributed by atoms with Gasteiger partial charge in [0, 0.05) is 28.6 Å². The molecule has 1 N–H and O–H groups in total. The van der Waals surface area contributed by atoms with Crippen LogP contribution in [-0.4, -0.2) is 10.8 Å². The third kappa shape index (κ3) is 2.07. The third-order valence-corrected chi connectivity index (χ3v) is 4.57. The number of hydrogen-bond acceptors (Lipinski definition) is 1. The van der Waals surface area contributed by atoms with Crippen molar-refractivity contribution in [1.29, 1.82) is 0 Å². The van der Waals surface area contributed by atoms with E-state index in [1.165, 1.54) is 11.1 Å². The Morgan fingerprint density at radius 2 is 1.76 bits per heavy atom. The van der Waals surface area contributed by atoms with Gasteiger partial charge in [-0.1, -0.05) is 42.5 Å². The van der Waals surface area contributed by atoms with Gasteiger partial charge in [-0.25, -0.2) is 0 Å². The molecule has 3 aromatic rings. The average molecular weight is 275 g/mol. The summed E-state index contributed by atoms with van der Waals surface area (Å²) in [5, 5.41) is 1.04. The lowest BCUT2D eigenvalue weighted by molar-refractivity contribution is 0.0910. The number of para-hydroxylation sites is 1. The second-order valence-electron chi connectivity index (χ2n) is 5.82. The first-order chi connectivity index (χ1) is 10.3. The molecule has 1 heterocycles. The third-order valence-electron chi connectivity index (χ3n) is 4.57. The first-order valence-corrected chi connectivity index (χ1v) is 7.50. The number of ketones is 1. The van der Waals surface area contributed by atoms with Gasteiger partial charge < -0.3 is 4.98 Å². The fourth-order valence-corrected chi connectivity index (χ4v) is 3.42. The van der Waals surface area contributed by atoms with Crippen LogP contribution in [0.15, 0.2) is 54.7 Å². The molecule has 2 nitrogen and oxygen atoms in total. The van der Waals surface area contributed by atoms with E-state index in [1.807, 2.05) is 30.5 Å². The van der Waals surface area contributed by atoms with Crippen LogP contribution >= 0.6 is 0 Å². The summed E-state index contributed by atoms with van der Waals surface area (Å²) in [4.78, 5) is 16.1. The Morgan fingerprint density at radius 3 is 2.67 bits per heavy atom. The number of aryl methyl sites for hydroxylation is 1. The Hall–Kier alpha value is -2.35. The van der Waals surface area contributed by atoms with Crippen molar-refractivity contribution in [2.75, 3.05) is 0 Å². The number of aromatic nitrogens is 1. The van der Waals surface area contributed by atoms with Crippen LogP contribution in [0.3, 0.4) is 0 Å². The van der Waals surface area contributed by atoms with Crippen LogP contribution in [0.4, 0.5) is 0 Å². The van der Waals surface area contributed by atoms with E-state index in [0.717, 1.165) is 35.7 Å². The van der Waals surface area contributed by atoms with Crippen LogP contribution in [0.5, 0.6) is 0 Å². The van der Waals surface area contributed by atoms with Gasteiger partial charge in [0.1, 0.15) is 0 Å². The minimum absolute atomic E-state index is 0.110. The summed E-state index contributed by atoms with van der Waals surface area (Å²) in [6.07, 6.45) is 4.70. The molecule has 1 aromatic heterocycles. The molecule has 0 spiro atoms. The van der Waals surface area contributed by atoms with E-state index in [9.17, 15) is 4.79 Å². The summed E-state index contributed by atoms with van der Waals surface area (Å²) in [5.74, 6) is 0.390. The zero-order valence-corrected chi connectivity index (χ0v) is 11.8. The quantitative estimate of drug-likeness (QED) is 0.700. The van der Waals surface area contributed by atoms with Gasteiger partial charge in [-0.05, 0) is 36.5 Å². The molecule has 1 atom stereocenters. The molecule has 0 saturated carbocycles. The zero-order valence-electron chi connectivity index (χ0n) is 11.8. The average Bonchev–Trinajstić information content (AvgIpc) is 2.98. The molecule has 2 heteroatoms. The molecule has 4 rings (SSSR count). The van der Waals surface area contributed by atoms with Crippen LogP contribution in [0, 0.1) is 5.92 Å². The summed E-state index contributed by atoms with van der Waals surface area (Å²) >= 11 is 0. The van der Waals surface area contributed by atoms with Crippen molar-refractivity contribution in [3.8, 4) is 0 Å². The lowest BCUT2D eigenvalue weighted by Gasteiger charge is -2.23. The van der Waals surface area contributed by atoms with Gasteiger partial charge in [-0.15, -0.1) is 0 Å². The topological polar surface area (TPSA) is 32.9 Å². The SMILES string of the molecule is O=C(c1c[nH]c2ccccc12)C1CCc2ccccc2C1. The van der Waals surface area contributed by atoms with Crippen molar-refractivity contribution in [2.24, 2.45) is 5.92 Å². The Bertz CT molecular complexity index is 815. The van der Waals surface area contributed by atoms with Crippen molar-refractivity contribution < 1.29 is 4.79 Å². The molecule has 1 aliphatic carbocycles. The summed E-state index contributed by atoms with van der Waals surface area (Å²) < 4.78 is 0. The Kier molecular flexibility index (Phi) is 2.88. The maximum Gasteiger partial charge on any atom is 0.168 e. The molecule has 0 aliphatic heterocycles. The first kappa shape index (κ1) is 12.4. The number of carbonyl (C=O) groups is 1. The summed E-state index contributed by atoms with van der Waals surface area (Å²) in [6.45, 7) is 0. The van der Waals surface area contributed by atoms with Gasteiger partial charge in [0.05, 0.1) is 0 Å². The highest BCUT2D eigenvalue weighted by Crippen LogP contribution is 2.30. The zero-order chi connectivity index (χ0) is 14.2. The van der Waals surface area contributed by atoms with Gasteiger partial charge in [0.2, 0.25) is 0 Å². The van der Waals surface area contributed by atoms with E-state index >= 15 is 0 Å². The number of carbonyl (C=O) groups excluding carboxylic acids is 1. The lowest BCUT2D eigenvalue weighted by atomic mass is 9.80. The maximum absolute atomic E-state index is 12.9. The van der Waals surface area contributed by atoms with Gasteiger partial charge in [-0.3, -0.25) is 4.79 Å². The maximum atomic E-state index is 12.9. The minimum atomic E-state index is 0.110. The van der Waals surface area contributed by atoms with Crippen molar-refractivity contribution in [1.82, 2.24) is 4.98 Å². The van der Waals surface area contributed by atoms with Crippen LogP contribution in [0.2, 0.25) is 0 Å². The largest absolute Gasteiger partial charge is 0.360 e. The molecule has 104 valence electrons. The normalized spacial score (nSPS) is 17.6. The monoisotopic (exact) mass is 275 g/mol. The van der Waals surface area contributed by atoms with Crippen LogP contribution in [0.25, 0.3) is 10.9 Å². The minimum Gasteiger partial charge on any atom is -0.360 e. The predicted molar refractivity (Wildman–Crippen MR) is 84.6 cm³/mol. The van der Waals surface area contributed by atoms with Crippen LogP contribution in [0.1, 0.15) is 27.9 Å². The highest BCUT2D eigenvalue weighted by molar-refractivity contribution is 6.09. The lowest BCUT2D eigenvalue weighted by Crippen LogP contribution is -2.22. The van der Waals surface area contributed by atoms with Crippen LogP contribution in [-0.2, 0) is 12.8 Å². The van der Waals surface area contributed by atoms with Gasteiger partial charge in [-0.2, -0.15) is 0 Å². The number of Topliss-reactive ketones (excluding diaryl/α,β-unsaturated/α-hetero) is 1. The number of aromatic amines is 1. The predicted octanol–water partition coefficient (Wildman–Crippen LogP) is 4.16. The molecule has 21 heavy (non-hydrogen) atoms. The van der Waals surface area contributed by atoms with E-state index in [0.29, 0.717) is 0 Å². The number of H-pyrrole nitrogens is 1. The summed E-state index contributed by atoms with van der Waals surface area (Å²) in [5.41, 5.74) is 4.62. The van der Waals surface area contributed by atoms with Crippen LogP contribution < -0.4 is 0 Å². The molecule has 2 aromatic carbocycles. The van der Waals surface area contributed by atoms with E-state index < -0.39 is 0 Å². The van der Waals surface area contributed by atoms with Gasteiger partial charge >= 0.3 is 0 Å². The van der Waals surface area contributed by atoms with E-state index in [1.54, 1.807) is 0 Å². The number of fused-ring (bicyclic) bond motifs is 2. The van der Waals surface area contributed by atoms with E-state index in [2.05, 4.69) is 29.2 Å². The van der Waals surface area contributed by atoms with Crippen molar-refractivity contribution in [2.45, 2.75) is 19.3 Å². The van der Waals surface area contributed by atoms with Crippen molar-refractivity contribution in [3.63, 3.8) is 0 Å². The number of nitrogens with one attached hydrogen (secondary N) is 1. The summed E-state index contributed by atoms with van der Waals surface area (Å²) in [7, 11) is 0. The molecule has 0 radical (unpaired) electrons. The van der Waals surface area contributed by atoms with Crippen molar-refractivity contribution in [3.05, 3.63) is 71.4 Å². The fourth-order valence-electron chi connectivity index (χ4n) is 3.42.